The minimum atomic E-state index is -0.306. The van der Waals surface area contributed by atoms with Crippen LogP contribution in [0.4, 0.5) is 0 Å². The van der Waals surface area contributed by atoms with Crippen molar-refractivity contribution in [2.24, 2.45) is 5.11 Å². The molecule has 0 atom stereocenters. The van der Waals surface area contributed by atoms with Gasteiger partial charge in [-0.2, -0.15) is 0 Å². The molecule has 0 spiro atoms. The number of ketones is 1. The SMILES string of the molecule is [N-]=[N+]=N/C(=C\c1ccccc1Br)C(=O)c1ccccc1. The van der Waals surface area contributed by atoms with E-state index in [0.717, 1.165) is 10.0 Å². The van der Waals surface area contributed by atoms with Crippen LogP contribution in [0.15, 0.2) is 69.9 Å². The molecular weight excluding hydrogens is 318 g/mol. The van der Waals surface area contributed by atoms with Gasteiger partial charge in [-0.25, -0.2) is 0 Å². The Morgan fingerprint density at radius 2 is 1.75 bits per heavy atom. The van der Waals surface area contributed by atoms with Crippen LogP contribution in [0.25, 0.3) is 16.5 Å². The normalized spacial score (nSPS) is 10.8. The molecule has 0 heterocycles. The first kappa shape index (κ1) is 14.1. The third-order valence-corrected chi connectivity index (χ3v) is 3.34. The highest BCUT2D eigenvalue weighted by molar-refractivity contribution is 9.10. The maximum absolute atomic E-state index is 12.3. The largest absolute Gasteiger partial charge is 0.289 e. The molecule has 0 saturated heterocycles. The number of nitrogens with zero attached hydrogens (tertiary/aromatic N) is 3. The minimum Gasteiger partial charge on any atom is -0.289 e. The third-order valence-electron chi connectivity index (χ3n) is 2.62. The number of carbonyl (C=O) groups is 1. The summed E-state index contributed by atoms with van der Waals surface area (Å²) in [5.41, 5.74) is 9.96. The zero-order chi connectivity index (χ0) is 14.4. The van der Waals surface area contributed by atoms with Crippen LogP contribution in [0.1, 0.15) is 15.9 Å². The van der Waals surface area contributed by atoms with Gasteiger partial charge in [0, 0.05) is 14.9 Å². The minimum absolute atomic E-state index is 0.0607. The fourth-order valence-corrected chi connectivity index (χ4v) is 2.06. The summed E-state index contributed by atoms with van der Waals surface area (Å²) in [5, 5.41) is 3.51. The number of hydrogen-bond donors (Lipinski definition) is 0. The maximum Gasteiger partial charge on any atom is 0.195 e. The Labute approximate surface area is 124 Å². The molecule has 0 N–H and O–H groups in total. The topological polar surface area (TPSA) is 65.8 Å². The number of hydrogen-bond acceptors (Lipinski definition) is 2. The standard InChI is InChI=1S/C15H10BrN3O/c16-13-9-5-4-8-12(13)10-14(18-19-17)15(20)11-6-2-1-3-7-11/h1-10H/b14-10-. The molecule has 98 valence electrons. The first-order valence-corrected chi connectivity index (χ1v) is 6.63. The second kappa shape index (κ2) is 6.70. The Kier molecular flexibility index (Phi) is 4.71. The Morgan fingerprint density at radius 3 is 2.40 bits per heavy atom. The van der Waals surface area contributed by atoms with Crippen LogP contribution in [0.2, 0.25) is 0 Å². The summed E-state index contributed by atoms with van der Waals surface area (Å²) in [6, 6.07) is 16.1. The van der Waals surface area contributed by atoms with Crippen molar-refractivity contribution < 1.29 is 4.79 Å². The Hall–Kier alpha value is -2.36. The van der Waals surface area contributed by atoms with Crippen LogP contribution in [0, 0.1) is 0 Å². The molecule has 0 aliphatic carbocycles. The quantitative estimate of drug-likeness (QED) is 0.256. The van der Waals surface area contributed by atoms with Gasteiger partial charge in [-0.15, -0.1) is 0 Å². The van der Waals surface area contributed by atoms with Crippen molar-refractivity contribution in [3.05, 3.63) is 86.3 Å². The molecule has 20 heavy (non-hydrogen) atoms. The van der Waals surface area contributed by atoms with Crippen molar-refractivity contribution in [3.8, 4) is 0 Å². The molecule has 2 rings (SSSR count). The van der Waals surface area contributed by atoms with E-state index in [2.05, 4.69) is 26.0 Å². The molecule has 0 fully saturated rings. The average Bonchev–Trinajstić information content (AvgIpc) is 2.49. The van der Waals surface area contributed by atoms with E-state index in [1.54, 1.807) is 30.3 Å². The Morgan fingerprint density at radius 1 is 1.10 bits per heavy atom. The summed E-state index contributed by atoms with van der Waals surface area (Å²) in [7, 11) is 0. The number of Topliss-reactive ketones (excluding diaryl/α,β-unsaturated/α-hetero) is 1. The lowest BCUT2D eigenvalue weighted by atomic mass is 10.1. The molecule has 2 aromatic carbocycles. The van der Waals surface area contributed by atoms with Crippen molar-refractivity contribution in [1.82, 2.24) is 0 Å². The molecule has 4 nitrogen and oxygen atoms in total. The number of benzene rings is 2. The molecule has 0 aliphatic heterocycles. The van der Waals surface area contributed by atoms with Crippen LogP contribution in [-0.4, -0.2) is 5.78 Å². The van der Waals surface area contributed by atoms with E-state index >= 15 is 0 Å². The number of halogens is 1. The maximum atomic E-state index is 12.3. The lowest BCUT2D eigenvalue weighted by Gasteiger charge is -2.02. The van der Waals surface area contributed by atoms with Crippen LogP contribution in [0.3, 0.4) is 0 Å². The van der Waals surface area contributed by atoms with Crippen LogP contribution in [0.5, 0.6) is 0 Å². The Balaban J connectivity index is 2.45. The molecule has 0 bridgehead atoms. The van der Waals surface area contributed by atoms with Crippen LogP contribution in [-0.2, 0) is 0 Å². The second-order valence-electron chi connectivity index (χ2n) is 3.94. The Bertz CT molecular complexity index is 704. The van der Waals surface area contributed by atoms with Crippen molar-refractivity contribution in [1.29, 1.82) is 0 Å². The van der Waals surface area contributed by atoms with Gasteiger partial charge in [0.2, 0.25) is 0 Å². The monoisotopic (exact) mass is 327 g/mol. The third kappa shape index (κ3) is 3.35. The van der Waals surface area contributed by atoms with Gasteiger partial charge < -0.3 is 0 Å². The summed E-state index contributed by atoms with van der Waals surface area (Å²) >= 11 is 3.39. The summed E-state index contributed by atoms with van der Waals surface area (Å²) in [6.07, 6.45) is 1.57. The van der Waals surface area contributed by atoms with Gasteiger partial charge in [0.1, 0.15) is 0 Å². The summed E-state index contributed by atoms with van der Waals surface area (Å²) < 4.78 is 0.825. The van der Waals surface area contributed by atoms with Gasteiger partial charge in [-0.3, -0.25) is 4.79 Å². The fraction of sp³-hybridized carbons (Fsp3) is 0. The van der Waals surface area contributed by atoms with Gasteiger partial charge in [-0.05, 0) is 23.2 Å². The molecule has 0 aromatic heterocycles. The van der Waals surface area contributed by atoms with E-state index in [-0.39, 0.29) is 11.5 Å². The molecule has 2 aromatic rings. The van der Waals surface area contributed by atoms with E-state index in [1.165, 1.54) is 0 Å². The van der Waals surface area contributed by atoms with Gasteiger partial charge in [-0.1, -0.05) is 69.6 Å². The molecule has 0 radical (unpaired) electrons. The van der Waals surface area contributed by atoms with E-state index in [9.17, 15) is 4.79 Å². The summed E-state index contributed by atoms with van der Waals surface area (Å²) in [5.74, 6) is -0.306. The molecule has 0 amide bonds. The van der Waals surface area contributed by atoms with Crippen molar-refractivity contribution in [3.63, 3.8) is 0 Å². The second-order valence-corrected chi connectivity index (χ2v) is 4.79. The van der Waals surface area contributed by atoms with Crippen LogP contribution >= 0.6 is 15.9 Å². The lowest BCUT2D eigenvalue weighted by Crippen LogP contribution is -2.00. The number of allylic oxidation sites excluding steroid dienone is 1. The lowest BCUT2D eigenvalue weighted by molar-refractivity contribution is 0.103. The van der Waals surface area contributed by atoms with Gasteiger partial charge in [0.25, 0.3) is 0 Å². The smallest absolute Gasteiger partial charge is 0.195 e. The molecular formula is C15H10BrN3O. The van der Waals surface area contributed by atoms with Crippen LogP contribution < -0.4 is 0 Å². The zero-order valence-corrected chi connectivity index (χ0v) is 12.0. The number of rotatable bonds is 4. The predicted octanol–water partition coefficient (Wildman–Crippen LogP) is 4.98. The number of azide groups is 1. The molecule has 0 unspecified atom stereocenters. The van der Waals surface area contributed by atoms with Crippen molar-refractivity contribution >= 4 is 27.8 Å². The van der Waals surface area contributed by atoms with E-state index in [1.807, 2.05) is 30.3 Å². The first-order valence-electron chi connectivity index (χ1n) is 5.83. The molecule has 5 heteroatoms. The molecule has 0 saturated carbocycles. The van der Waals surface area contributed by atoms with Gasteiger partial charge in [0.15, 0.2) is 5.78 Å². The predicted molar refractivity (Wildman–Crippen MR) is 82.0 cm³/mol. The summed E-state index contributed by atoms with van der Waals surface area (Å²) in [4.78, 5) is 15.0. The highest BCUT2D eigenvalue weighted by atomic mass is 79.9. The first-order chi connectivity index (χ1) is 9.72. The molecule has 0 aliphatic rings. The average molecular weight is 328 g/mol. The van der Waals surface area contributed by atoms with E-state index in [0.29, 0.717) is 5.56 Å². The highest BCUT2D eigenvalue weighted by Gasteiger charge is 2.11. The van der Waals surface area contributed by atoms with Crippen molar-refractivity contribution in [2.45, 2.75) is 0 Å². The van der Waals surface area contributed by atoms with Gasteiger partial charge >= 0.3 is 0 Å². The van der Waals surface area contributed by atoms with E-state index < -0.39 is 0 Å². The van der Waals surface area contributed by atoms with E-state index in [4.69, 9.17) is 5.53 Å². The zero-order valence-electron chi connectivity index (χ0n) is 10.4. The number of carbonyl (C=O) groups excluding carboxylic acids is 1. The fourth-order valence-electron chi connectivity index (χ4n) is 1.66. The highest BCUT2D eigenvalue weighted by Crippen LogP contribution is 2.21. The van der Waals surface area contributed by atoms with Crippen molar-refractivity contribution in [2.75, 3.05) is 0 Å². The summed E-state index contributed by atoms with van der Waals surface area (Å²) in [6.45, 7) is 0. The van der Waals surface area contributed by atoms with Gasteiger partial charge in [0.05, 0.1) is 5.70 Å².